The third-order valence-electron chi connectivity index (χ3n) is 4.23. The number of rotatable bonds is 2. The molecule has 0 unspecified atom stereocenters. The first-order chi connectivity index (χ1) is 10.4. The number of halogens is 3. The van der Waals surface area contributed by atoms with Gasteiger partial charge in [-0.25, -0.2) is 4.79 Å². The number of amides is 2. The molecule has 1 N–H and O–H groups in total. The normalized spacial score (nSPS) is 19.3. The van der Waals surface area contributed by atoms with Gasteiger partial charge in [0.1, 0.15) is 18.2 Å². The fourth-order valence-electron chi connectivity index (χ4n) is 3.10. The van der Waals surface area contributed by atoms with E-state index in [1.807, 2.05) is 5.32 Å². The lowest BCUT2D eigenvalue weighted by Gasteiger charge is -2.31. The van der Waals surface area contributed by atoms with Crippen LogP contribution in [0.25, 0.3) is 0 Å². The number of aromatic nitrogens is 3. The first kappa shape index (κ1) is 15.1. The molecule has 122 valence electrons. The molecule has 2 aliphatic rings. The largest absolute Gasteiger partial charge is 0.405 e. The molecule has 0 aromatic carbocycles. The number of nitrogens with one attached hydrogen (secondary N) is 1. The van der Waals surface area contributed by atoms with Crippen molar-refractivity contribution in [3.63, 3.8) is 0 Å². The molecule has 0 atom stereocenters. The molecule has 3 rings (SSSR count). The molecule has 2 amide bonds. The average Bonchev–Trinajstić information content (AvgIpc) is 3.07. The number of fused-ring (bicyclic) bond motifs is 1. The SMILES string of the molecule is O=C(NCC(F)(F)F)N1CCC(c2nnc3n2CCC3)CC1. The zero-order valence-electron chi connectivity index (χ0n) is 12.1. The van der Waals surface area contributed by atoms with Gasteiger partial charge in [-0.3, -0.25) is 0 Å². The highest BCUT2D eigenvalue weighted by Gasteiger charge is 2.32. The van der Waals surface area contributed by atoms with Gasteiger partial charge in [0.2, 0.25) is 0 Å². The lowest BCUT2D eigenvalue weighted by Crippen LogP contribution is -2.46. The number of urea groups is 1. The van der Waals surface area contributed by atoms with E-state index in [0.717, 1.165) is 31.0 Å². The molecule has 1 saturated heterocycles. The molecule has 0 spiro atoms. The van der Waals surface area contributed by atoms with Crippen molar-refractivity contribution in [2.24, 2.45) is 0 Å². The van der Waals surface area contributed by atoms with Crippen LogP contribution in [0.5, 0.6) is 0 Å². The summed E-state index contributed by atoms with van der Waals surface area (Å²) in [6.45, 7) is 0.528. The van der Waals surface area contributed by atoms with Crippen LogP contribution in [-0.2, 0) is 13.0 Å². The van der Waals surface area contributed by atoms with Crippen molar-refractivity contribution < 1.29 is 18.0 Å². The maximum atomic E-state index is 12.1. The Morgan fingerprint density at radius 3 is 2.64 bits per heavy atom. The van der Waals surface area contributed by atoms with Crippen LogP contribution in [0.4, 0.5) is 18.0 Å². The van der Waals surface area contributed by atoms with Crippen LogP contribution in [0.1, 0.15) is 36.8 Å². The summed E-state index contributed by atoms with van der Waals surface area (Å²) in [6.07, 6.45) is -0.937. The highest BCUT2D eigenvalue weighted by Crippen LogP contribution is 2.29. The number of aryl methyl sites for hydroxylation is 1. The third kappa shape index (κ3) is 3.17. The highest BCUT2D eigenvalue weighted by atomic mass is 19.4. The van der Waals surface area contributed by atoms with Gasteiger partial charge in [-0.2, -0.15) is 13.2 Å². The molecule has 0 bridgehead atoms. The van der Waals surface area contributed by atoms with Crippen molar-refractivity contribution in [1.29, 1.82) is 0 Å². The summed E-state index contributed by atoms with van der Waals surface area (Å²) in [5, 5.41) is 10.3. The lowest BCUT2D eigenvalue weighted by molar-refractivity contribution is -0.123. The molecule has 2 aliphatic heterocycles. The maximum Gasteiger partial charge on any atom is 0.405 e. The van der Waals surface area contributed by atoms with Crippen molar-refractivity contribution in [2.75, 3.05) is 19.6 Å². The fourth-order valence-corrected chi connectivity index (χ4v) is 3.10. The second-order valence-corrected chi connectivity index (χ2v) is 5.76. The number of likely N-dealkylation sites (tertiary alicyclic amines) is 1. The van der Waals surface area contributed by atoms with E-state index in [0.29, 0.717) is 25.9 Å². The van der Waals surface area contributed by atoms with E-state index in [2.05, 4.69) is 14.8 Å². The summed E-state index contributed by atoms with van der Waals surface area (Å²) in [6, 6.07) is -0.651. The third-order valence-corrected chi connectivity index (χ3v) is 4.23. The summed E-state index contributed by atoms with van der Waals surface area (Å²) in [5.41, 5.74) is 0. The van der Waals surface area contributed by atoms with Crippen molar-refractivity contribution in [3.05, 3.63) is 11.6 Å². The number of hydrogen-bond acceptors (Lipinski definition) is 3. The Morgan fingerprint density at radius 2 is 1.95 bits per heavy atom. The van der Waals surface area contributed by atoms with E-state index < -0.39 is 18.8 Å². The summed E-state index contributed by atoms with van der Waals surface area (Å²) in [4.78, 5) is 13.1. The minimum Gasteiger partial charge on any atom is -0.329 e. The molecule has 1 aromatic heterocycles. The second-order valence-electron chi connectivity index (χ2n) is 5.76. The van der Waals surface area contributed by atoms with Crippen molar-refractivity contribution in [2.45, 2.75) is 44.3 Å². The molecule has 0 radical (unpaired) electrons. The van der Waals surface area contributed by atoms with E-state index in [1.54, 1.807) is 0 Å². The topological polar surface area (TPSA) is 63.1 Å². The molecular formula is C13H18F3N5O. The molecular weight excluding hydrogens is 299 g/mol. The Bertz CT molecular complexity index is 548. The quantitative estimate of drug-likeness (QED) is 0.902. The van der Waals surface area contributed by atoms with Crippen LogP contribution in [-0.4, -0.2) is 51.5 Å². The van der Waals surface area contributed by atoms with Gasteiger partial charge in [0.25, 0.3) is 0 Å². The predicted molar refractivity (Wildman–Crippen MR) is 71.3 cm³/mol. The standard InChI is InChI=1S/C13H18F3N5O/c14-13(15,16)8-17-12(22)20-6-3-9(4-7-20)11-19-18-10-2-1-5-21(10)11/h9H,1-8H2,(H,17,22). The Hall–Kier alpha value is -1.80. The van der Waals surface area contributed by atoms with E-state index in [1.165, 1.54) is 4.90 Å². The van der Waals surface area contributed by atoms with Crippen molar-refractivity contribution >= 4 is 6.03 Å². The number of nitrogens with zero attached hydrogens (tertiary/aromatic N) is 4. The summed E-state index contributed by atoms with van der Waals surface area (Å²) >= 11 is 0. The van der Waals surface area contributed by atoms with Crippen LogP contribution in [0.3, 0.4) is 0 Å². The smallest absolute Gasteiger partial charge is 0.329 e. The summed E-state index contributed by atoms with van der Waals surface area (Å²) < 4.78 is 38.5. The highest BCUT2D eigenvalue weighted by molar-refractivity contribution is 5.74. The molecule has 22 heavy (non-hydrogen) atoms. The van der Waals surface area contributed by atoms with Crippen LogP contribution in [0, 0.1) is 0 Å². The van der Waals surface area contributed by atoms with Gasteiger partial charge in [0.05, 0.1) is 0 Å². The number of hydrogen-bond donors (Lipinski definition) is 1. The molecule has 6 nitrogen and oxygen atoms in total. The van der Waals surface area contributed by atoms with Crippen molar-refractivity contribution in [1.82, 2.24) is 25.0 Å². The molecule has 0 aliphatic carbocycles. The molecule has 1 fully saturated rings. The van der Waals surface area contributed by atoms with E-state index in [9.17, 15) is 18.0 Å². The van der Waals surface area contributed by atoms with Gasteiger partial charge in [0, 0.05) is 32.0 Å². The predicted octanol–water partition coefficient (Wildman–Crippen LogP) is 1.68. The summed E-state index contributed by atoms with van der Waals surface area (Å²) in [7, 11) is 0. The molecule has 1 aromatic rings. The Kier molecular flexibility index (Phi) is 3.96. The van der Waals surface area contributed by atoms with Gasteiger partial charge in [-0.05, 0) is 19.3 Å². The van der Waals surface area contributed by atoms with E-state index in [-0.39, 0.29) is 5.92 Å². The minimum atomic E-state index is -4.38. The van der Waals surface area contributed by atoms with Gasteiger partial charge >= 0.3 is 12.2 Å². The van der Waals surface area contributed by atoms with Crippen LogP contribution in [0.15, 0.2) is 0 Å². The number of carbonyl (C=O) groups excluding carboxylic acids is 1. The first-order valence-electron chi connectivity index (χ1n) is 7.45. The monoisotopic (exact) mass is 317 g/mol. The van der Waals surface area contributed by atoms with Crippen LogP contribution < -0.4 is 5.32 Å². The molecule has 3 heterocycles. The Labute approximate surface area is 125 Å². The van der Waals surface area contributed by atoms with Gasteiger partial charge < -0.3 is 14.8 Å². The molecule has 9 heteroatoms. The minimum absolute atomic E-state index is 0.228. The first-order valence-corrected chi connectivity index (χ1v) is 7.45. The van der Waals surface area contributed by atoms with E-state index in [4.69, 9.17) is 0 Å². The second kappa shape index (κ2) is 5.77. The zero-order valence-corrected chi connectivity index (χ0v) is 12.1. The average molecular weight is 317 g/mol. The Balaban J connectivity index is 1.53. The van der Waals surface area contributed by atoms with Crippen LogP contribution in [0.2, 0.25) is 0 Å². The number of carbonyl (C=O) groups is 1. The van der Waals surface area contributed by atoms with Crippen LogP contribution >= 0.6 is 0 Å². The van der Waals surface area contributed by atoms with Gasteiger partial charge in [-0.15, -0.1) is 10.2 Å². The number of alkyl halides is 3. The van der Waals surface area contributed by atoms with Crippen molar-refractivity contribution in [3.8, 4) is 0 Å². The maximum absolute atomic E-state index is 12.1. The van der Waals surface area contributed by atoms with E-state index >= 15 is 0 Å². The zero-order chi connectivity index (χ0) is 15.7. The summed E-state index contributed by atoms with van der Waals surface area (Å²) in [5.74, 6) is 2.20. The lowest BCUT2D eigenvalue weighted by atomic mass is 9.96. The fraction of sp³-hybridized carbons (Fsp3) is 0.769. The van der Waals surface area contributed by atoms with Gasteiger partial charge in [0.15, 0.2) is 0 Å². The van der Waals surface area contributed by atoms with Gasteiger partial charge in [-0.1, -0.05) is 0 Å². The molecule has 0 saturated carbocycles. The number of piperidine rings is 1. The Morgan fingerprint density at radius 1 is 1.23 bits per heavy atom.